The highest BCUT2D eigenvalue weighted by Crippen LogP contribution is 2.16. The van der Waals surface area contributed by atoms with Crippen molar-refractivity contribution >= 4 is 16.9 Å². The summed E-state index contributed by atoms with van der Waals surface area (Å²) in [6.45, 7) is 8.87. The summed E-state index contributed by atoms with van der Waals surface area (Å²) in [6, 6.07) is 8.31. The summed E-state index contributed by atoms with van der Waals surface area (Å²) >= 11 is 0. The van der Waals surface area contributed by atoms with Crippen LogP contribution in [0.1, 0.15) is 12.6 Å². The van der Waals surface area contributed by atoms with Crippen LogP contribution in [-0.2, 0) is 4.74 Å². The van der Waals surface area contributed by atoms with Crippen LogP contribution in [0.3, 0.4) is 0 Å². The summed E-state index contributed by atoms with van der Waals surface area (Å²) < 4.78 is 5.38. The second-order valence-corrected chi connectivity index (χ2v) is 5.60. The molecule has 1 aromatic carbocycles. The van der Waals surface area contributed by atoms with Crippen molar-refractivity contribution in [1.29, 1.82) is 0 Å². The molecule has 21 heavy (non-hydrogen) atoms. The van der Waals surface area contributed by atoms with E-state index in [1.165, 1.54) is 0 Å². The number of anilines is 1. The number of aromatic nitrogens is 2. The third kappa shape index (κ3) is 3.49. The standard InChI is InChI=1S/C16H22N4O/c1-12(11-20-7-9-21-10-8-20)17-16-13(2)18-14-5-3-4-6-15(14)19-16/h3-6,12H,7-11H2,1-2H3,(H,17,19). The number of nitrogens with zero attached hydrogens (tertiary/aromatic N) is 3. The summed E-state index contributed by atoms with van der Waals surface area (Å²) in [6.07, 6.45) is 0. The molecule has 5 heteroatoms. The number of hydrogen-bond acceptors (Lipinski definition) is 5. The fraction of sp³-hybridized carbons (Fsp3) is 0.500. The van der Waals surface area contributed by atoms with Crippen LogP contribution in [0.25, 0.3) is 11.0 Å². The highest BCUT2D eigenvalue weighted by molar-refractivity contribution is 5.76. The minimum absolute atomic E-state index is 0.331. The minimum Gasteiger partial charge on any atom is -0.379 e. The number of ether oxygens (including phenoxy) is 1. The van der Waals surface area contributed by atoms with Gasteiger partial charge < -0.3 is 10.1 Å². The highest BCUT2D eigenvalue weighted by Gasteiger charge is 2.15. The van der Waals surface area contributed by atoms with Gasteiger partial charge in [0.1, 0.15) is 5.82 Å². The monoisotopic (exact) mass is 286 g/mol. The Labute approximate surface area is 125 Å². The lowest BCUT2D eigenvalue weighted by molar-refractivity contribution is 0.0368. The van der Waals surface area contributed by atoms with E-state index < -0.39 is 0 Å². The largest absolute Gasteiger partial charge is 0.379 e. The molecule has 1 aromatic heterocycles. The van der Waals surface area contributed by atoms with Crippen LogP contribution in [0.2, 0.25) is 0 Å². The van der Waals surface area contributed by atoms with E-state index >= 15 is 0 Å². The first-order chi connectivity index (χ1) is 10.2. The zero-order chi connectivity index (χ0) is 14.7. The molecule has 3 rings (SSSR count). The van der Waals surface area contributed by atoms with Crippen molar-refractivity contribution in [2.75, 3.05) is 38.2 Å². The second-order valence-electron chi connectivity index (χ2n) is 5.60. The molecule has 5 nitrogen and oxygen atoms in total. The molecule has 2 aromatic rings. The van der Waals surface area contributed by atoms with Crippen molar-refractivity contribution in [1.82, 2.24) is 14.9 Å². The van der Waals surface area contributed by atoms with Crippen molar-refractivity contribution in [2.45, 2.75) is 19.9 Å². The maximum atomic E-state index is 5.38. The van der Waals surface area contributed by atoms with Crippen LogP contribution < -0.4 is 5.32 Å². The van der Waals surface area contributed by atoms with Gasteiger partial charge in [0.2, 0.25) is 0 Å². The molecule has 1 N–H and O–H groups in total. The maximum absolute atomic E-state index is 5.38. The molecular formula is C16H22N4O. The number of para-hydroxylation sites is 2. The predicted octanol–water partition coefficient (Wildman–Crippen LogP) is 2.07. The van der Waals surface area contributed by atoms with Crippen molar-refractivity contribution in [3.8, 4) is 0 Å². The molecule has 1 aliphatic rings. The molecule has 112 valence electrons. The molecule has 0 aliphatic carbocycles. The van der Waals surface area contributed by atoms with E-state index in [-0.39, 0.29) is 0 Å². The summed E-state index contributed by atoms with van der Waals surface area (Å²) in [5.41, 5.74) is 2.83. The van der Waals surface area contributed by atoms with E-state index in [9.17, 15) is 0 Å². The first-order valence-electron chi connectivity index (χ1n) is 7.52. The van der Waals surface area contributed by atoms with Gasteiger partial charge in [-0.05, 0) is 26.0 Å². The maximum Gasteiger partial charge on any atom is 0.148 e. The predicted molar refractivity (Wildman–Crippen MR) is 84.6 cm³/mol. The highest BCUT2D eigenvalue weighted by atomic mass is 16.5. The Morgan fingerprint density at radius 2 is 1.86 bits per heavy atom. The Morgan fingerprint density at radius 3 is 2.57 bits per heavy atom. The third-order valence-corrected chi connectivity index (χ3v) is 3.76. The zero-order valence-electron chi connectivity index (χ0n) is 12.7. The van der Waals surface area contributed by atoms with Gasteiger partial charge >= 0.3 is 0 Å². The molecule has 0 bridgehead atoms. The van der Waals surface area contributed by atoms with Crippen LogP contribution in [0.4, 0.5) is 5.82 Å². The van der Waals surface area contributed by atoms with E-state index in [2.05, 4.69) is 22.1 Å². The normalized spacial score (nSPS) is 17.8. The Balaban J connectivity index is 1.70. The Kier molecular flexibility index (Phi) is 4.31. The van der Waals surface area contributed by atoms with Crippen LogP contribution in [0.15, 0.2) is 24.3 Å². The summed E-state index contributed by atoms with van der Waals surface area (Å²) in [7, 11) is 0. The van der Waals surface area contributed by atoms with Gasteiger partial charge in [0.15, 0.2) is 0 Å². The number of nitrogens with one attached hydrogen (secondary N) is 1. The first-order valence-corrected chi connectivity index (χ1v) is 7.52. The van der Waals surface area contributed by atoms with E-state index in [1.807, 2.05) is 31.2 Å². The molecule has 0 amide bonds. The van der Waals surface area contributed by atoms with Gasteiger partial charge in [-0.15, -0.1) is 0 Å². The molecular weight excluding hydrogens is 264 g/mol. The molecule has 2 heterocycles. The lowest BCUT2D eigenvalue weighted by Crippen LogP contribution is -2.42. The van der Waals surface area contributed by atoms with Gasteiger partial charge in [0.05, 0.1) is 29.9 Å². The van der Waals surface area contributed by atoms with Crippen molar-refractivity contribution < 1.29 is 4.74 Å². The smallest absolute Gasteiger partial charge is 0.148 e. The molecule has 1 saturated heterocycles. The molecule has 1 unspecified atom stereocenters. The van der Waals surface area contributed by atoms with Crippen LogP contribution in [0, 0.1) is 6.92 Å². The molecule has 1 aliphatic heterocycles. The minimum atomic E-state index is 0.331. The van der Waals surface area contributed by atoms with Crippen molar-refractivity contribution in [3.63, 3.8) is 0 Å². The number of benzene rings is 1. The average Bonchev–Trinajstić information content (AvgIpc) is 2.49. The first kappa shape index (κ1) is 14.2. The second kappa shape index (κ2) is 6.37. The number of rotatable bonds is 4. The van der Waals surface area contributed by atoms with E-state index in [4.69, 9.17) is 9.72 Å². The number of aryl methyl sites for hydroxylation is 1. The van der Waals surface area contributed by atoms with Crippen molar-refractivity contribution in [2.24, 2.45) is 0 Å². The van der Waals surface area contributed by atoms with Gasteiger partial charge in [-0.2, -0.15) is 0 Å². The molecule has 1 fully saturated rings. The fourth-order valence-electron chi connectivity index (χ4n) is 2.68. The Bertz CT molecular complexity index is 610. The summed E-state index contributed by atoms with van der Waals surface area (Å²) in [5, 5.41) is 3.49. The Hall–Kier alpha value is -1.72. The van der Waals surface area contributed by atoms with Crippen LogP contribution in [-0.4, -0.2) is 53.8 Å². The number of fused-ring (bicyclic) bond motifs is 1. The van der Waals surface area contributed by atoms with Gasteiger partial charge in [0, 0.05) is 25.7 Å². The molecule has 1 atom stereocenters. The van der Waals surface area contributed by atoms with E-state index in [1.54, 1.807) is 0 Å². The average molecular weight is 286 g/mol. The SMILES string of the molecule is Cc1nc2ccccc2nc1NC(C)CN1CCOCC1. The summed E-state index contributed by atoms with van der Waals surface area (Å²) in [4.78, 5) is 11.7. The molecule has 0 saturated carbocycles. The van der Waals surface area contributed by atoms with Gasteiger partial charge in [-0.3, -0.25) is 4.90 Å². The number of morpholine rings is 1. The van der Waals surface area contributed by atoms with Gasteiger partial charge in [-0.1, -0.05) is 12.1 Å². The fourth-order valence-corrected chi connectivity index (χ4v) is 2.68. The number of hydrogen-bond donors (Lipinski definition) is 1. The van der Waals surface area contributed by atoms with E-state index in [0.717, 1.165) is 55.4 Å². The van der Waals surface area contributed by atoms with Gasteiger partial charge in [0.25, 0.3) is 0 Å². The quantitative estimate of drug-likeness (QED) is 0.932. The molecule has 0 spiro atoms. The van der Waals surface area contributed by atoms with Crippen LogP contribution >= 0.6 is 0 Å². The van der Waals surface area contributed by atoms with Gasteiger partial charge in [-0.25, -0.2) is 9.97 Å². The summed E-state index contributed by atoms with van der Waals surface area (Å²) in [5.74, 6) is 0.884. The Morgan fingerprint density at radius 1 is 1.19 bits per heavy atom. The zero-order valence-corrected chi connectivity index (χ0v) is 12.7. The van der Waals surface area contributed by atoms with Crippen molar-refractivity contribution in [3.05, 3.63) is 30.0 Å². The topological polar surface area (TPSA) is 50.3 Å². The van der Waals surface area contributed by atoms with Crippen LogP contribution in [0.5, 0.6) is 0 Å². The third-order valence-electron chi connectivity index (χ3n) is 3.76. The lowest BCUT2D eigenvalue weighted by Gasteiger charge is -2.29. The van der Waals surface area contributed by atoms with E-state index in [0.29, 0.717) is 6.04 Å². The molecule has 0 radical (unpaired) electrons. The lowest BCUT2D eigenvalue weighted by atomic mass is 10.2.